The summed E-state index contributed by atoms with van der Waals surface area (Å²) < 4.78 is 6.00. The Balaban J connectivity index is 1.97. The average Bonchev–Trinajstić information content (AvgIpc) is 2.64. The molecule has 2 aliphatic carbocycles. The zero-order valence-electron chi connectivity index (χ0n) is 8.76. The topological polar surface area (TPSA) is 26.3 Å². The summed E-state index contributed by atoms with van der Waals surface area (Å²) in [6, 6.07) is 0. The quantitative estimate of drug-likeness (QED) is 0.612. The molecule has 4 unspecified atom stereocenters. The summed E-state index contributed by atoms with van der Waals surface area (Å²) in [6.45, 7) is 0. The first-order valence-electron chi connectivity index (χ1n) is 5.85. The first-order chi connectivity index (χ1) is 7.36. The van der Waals surface area contributed by atoms with Crippen LogP contribution >= 0.6 is 0 Å². The first kappa shape index (κ1) is 9.34. The SMILES string of the molecule is O=CC12CCCCC1C1C=CC=CC1O2. The van der Waals surface area contributed by atoms with Gasteiger partial charge in [0.2, 0.25) is 0 Å². The van der Waals surface area contributed by atoms with Crippen LogP contribution in [0.25, 0.3) is 0 Å². The van der Waals surface area contributed by atoms with E-state index in [1.165, 1.54) is 6.42 Å². The van der Waals surface area contributed by atoms with Crippen molar-refractivity contribution in [2.75, 3.05) is 0 Å². The highest BCUT2D eigenvalue weighted by atomic mass is 16.5. The lowest BCUT2D eigenvalue weighted by atomic mass is 9.70. The van der Waals surface area contributed by atoms with Crippen LogP contribution in [0.4, 0.5) is 0 Å². The van der Waals surface area contributed by atoms with Gasteiger partial charge < -0.3 is 9.53 Å². The van der Waals surface area contributed by atoms with Crippen molar-refractivity contribution in [2.45, 2.75) is 37.4 Å². The minimum atomic E-state index is -0.466. The summed E-state index contributed by atoms with van der Waals surface area (Å²) in [6.07, 6.45) is 14.0. The van der Waals surface area contributed by atoms with Crippen molar-refractivity contribution in [3.63, 3.8) is 0 Å². The van der Waals surface area contributed by atoms with Crippen LogP contribution in [0.5, 0.6) is 0 Å². The van der Waals surface area contributed by atoms with Gasteiger partial charge in [0.15, 0.2) is 6.29 Å². The summed E-state index contributed by atoms with van der Waals surface area (Å²) in [5, 5.41) is 0. The van der Waals surface area contributed by atoms with Gasteiger partial charge in [-0.25, -0.2) is 0 Å². The molecular formula is C13H16O2. The average molecular weight is 204 g/mol. The van der Waals surface area contributed by atoms with Gasteiger partial charge in [0.1, 0.15) is 5.60 Å². The summed E-state index contributed by atoms with van der Waals surface area (Å²) in [4.78, 5) is 11.3. The highest BCUT2D eigenvalue weighted by molar-refractivity contribution is 5.65. The molecule has 0 aromatic heterocycles. The number of allylic oxidation sites excluding steroid dienone is 2. The van der Waals surface area contributed by atoms with Crippen molar-refractivity contribution in [2.24, 2.45) is 11.8 Å². The number of carbonyl (C=O) groups is 1. The van der Waals surface area contributed by atoms with Crippen LogP contribution in [0, 0.1) is 11.8 Å². The Morgan fingerprint density at radius 2 is 2.13 bits per heavy atom. The Morgan fingerprint density at radius 1 is 1.27 bits per heavy atom. The molecule has 0 spiro atoms. The predicted octanol–water partition coefficient (Wildman–Crippen LogP) is 2.26. The number of rotatable bonds is 1. The number of ether oxygens (including phenoxy) is 1. The molecule has 15 heavy (non-hydrogen) atoms. The fourth-order valence-electron chi connectivity index (χ4n) is 3.37. The minimum absolute atomic E-state index is 0.142. The molecule has 0 amide bonds. The normalized spacial score (nSPS) is 47.3. The highest BCUT2D eigenvalue weighted by Gasteiger charge is 2.54. The van der Waals surface area contributed by atoms with E-state index >= 15 is 0 Å². The standard InChI is InChI=1S/C13H16O2/c14-9-13-8-4-3-6-11(13)10-5-1-2-7-12(10)15-13/h1-2,5,7,9-12H,3-4,6,8H2. The molecule has 0 N–H and O–H groups in total. The molecule has 1 aliphatic heterocycles. The minimum Gasteiger partial charge on any atom is -0.359 e. The second-order valence-corrected chi connectivity index (χ2v) is 4.85. The van der Waals surface area contributed by atoms with E-state index in [9.17, 15) is 4.79 Å². The van der Waals surface area contributed by atoms with E-state index in [4.69, 9.17) is 4.74 Å². The van der Waals surface area contributed by atoms with E-state index in [2.05, 4.69) is 18.2 Å². The molecule has 2 fully saturated rings. The van der Waals surface area contributed by atoms with Crippen molar-refractivity contribution in [1.29, 1.82) is 0 Å². The Morgan fingerprint density at radius 3 is 3.00 bits per heavy atom. The molecule has 80 valence electrons. The molecule has 1 heterocycles. The van der Waals surface area contributed by atoms with Gasteiger partial charge in [-0.15, -0.1) is 0 Å². The molecular weight excluding hydrogens is 188 g/mol. The van der Waals surface area contributed by atoms with E-state index in [0.29, 0.717) is 11.8 Å². The molecule has 0 bridgehead atoms. The Labute approximate surface area is 90.0 Å². The van der Waals surface area contributed by atoms with E-state index in [-0.39, 0.29) is 6.10 Å². The second kappa shape index (κ2) is 3.31. The third kappa shape index (κ3) is 1.24. The van der Waals surface area contributed by atoms with Crippen molar-refractivity contribution in [1.82, 2.24) is 0 Å². The molecule has 2 nitrogen and oxygen atoms in total. The Kier molecular flexibility index (Phi) is 2.06. The molecule has 1 saturated carbocycles. The van der Waals surface area contributed by atoms with Gasteiger partial charge in [-0.1, -0.05) is 37.1 Å². The van der Waals surface area contributed by atoms with Gasteiger partial charge in [-0.05, 0) is 12.8 Å². The molecule has 0 radical (unpaired) electrons. The number of hydrogen-bond acceptors (Lipinski definition) is 2. The van der Waals surface area contributed by atoms with Gasteiger partial charge >= 0.3 is 0 Å². The maximum absolute atomic E-state index is 11.3. The van der Waals surface area contributed by atoms with Gasteiger partial charge in [-0.2, -0.15) is 0 Å². The lowest BCUT2D eigenvalue weighted by Gasteiger charge is -2.34. The van der Waals surface area contributed by atoms with Crippen molar-refractivity contribution in [3.05, 3.63) is 24.3 Å². The van der Waals surface area contributed by atoms with Gasteiger partial charge in [0, 0.05) is 11.8 Å². The van der Waals surface area contributed by atoms with Gasteiger partial charge in [0.05, 0.1) is 6.10 Å². The van der Waals surface area contributed by atoms with Crippen LogP contribution in [0.2, 0.25) is 0 Å². The zero-order valence-corrected chi connectivity index (χ0v) is 8.76. The fraction of sp³-hybridized carbons (Fsp3) is 0.615. The van der Waals surface area contributed by atoms with Crippen molar-refractivity contribution >= 4 is 6.29 Å². The number of hydrogen-bond donors (Lipinski definition) is 0. The third-order valence-electron chi connectivity index (χ3n) is 4.10. The van der Waals surface area contributed by atoms with E-state index in [0.717, 1.165) is 25.5 Å². The Bertz CT molecular complexity index is 331. The number of fused-ring (bicyclic) bond motifs is 3. The van der Waals surface area contributed by atoms with Gasteiger partial charge in [-0.3, -0.25) is 0 Å². The third-order valence-corrected chi connectivity index (χ3v) is 4.10. The van der Waals surface area contributed by atoms with Crippen LogP contribution in [-0.2, 0) is 9.53 Å². The predicted molar refractivity (Wildman–Crippen MR) is 57.4 cm³/mol. The summed E-state index contributed by atoms with van der Waals surface area (Å²) in [5.74, 6) is 0.843. The van der Waals surface area contributed by atoms with E-state index in [1.54, 1.807) is 0 Å². The van der Waals surface area contributed by atoms with Crippen molar-refractivity contribution in [3.8, 4) is 0 Å². The molecule has 4 atom stereocenters. The first-order valence-corrected chi connectivity index (χ1v) is 5.85. The van der Waals surface area contributed by atoms with E-state index in [1.807, 2.05) is 6.08 Å². The summed E-state index contributed by atoms with van der Waals surface area (Å²) in [7, 11) is 0. The lowest BCUT2D eigenvalue weighted by Crippen LogP contribution is -2.41. The number of carbonyl (C=O) groups excluding carboxylic acids is 1. The number of aldehydes is 1. The van der Waals surface area contributed by atoms with Crippen molar-refractivity contribution < 1.29 is 9.53 Å². The smallest absolute Gasteiger partial charge is 0.152 e. The molecule has 3 rings (SSSR count). The van der Waals surface area contributed by atoms with Crippen LogP contribution < -0.4 is 0 Å². The van der Waals surface area contributed by atoms with Crippen LogP contribution in [0.1, 0.15) is 25.7 Å². The van der Waals surface area contributed by atoms with Crippen LogP contribution in [-0.4, -0.2) is 18.0 Å². The maximum Gasteiger partial charge on any atom is 0.152 e. The lowest BCUT2D eigenvalue weighted by molar-refractivity contribution is -0.135. The Hall–Kier alpha value is -0.890. The monoisotopic (exact) mass is 204 g/mol. The molecule has 1 saturated heterocycles. The second-order valence-electron chi connectivity index (χ2n) is 4.85. The fourth-order valence-corrected chi connectivity index (χ4v) is 3.37. The molecule has 0 aromatic rings. The highest BCUT2D eigenvalue weighted by Crippen LogP contribution is 2.49. The molecule has 2 heteroatoms. The summed E-state index contributed by atoms with van der Waals surface area (Å²) in [5.41, 5.74) is -0.466. The molecule has 0 aromatic carbocycles. The van der Waals surface area contributed by atoms with E-state index < -0.39 is 5.60 Å². The van der Waals surface area contributed by atoms with Gasteiger partial charge in [0.25, 0.3) is 0 Å². The maximum atomic E-state index is 11.3. The van der Waals surface area contributed by atoms with Crippen LogP contribution in [0.3, 0.4) is 0 Å². The van der Waals surface area contributed by atoms with Crippen LogP contribution in [0.15, 0.2) is 24.3 Å². The largest absolute Gasteiger partial charge is 0.359 e. The zero-order chi connectivity index (χ0) is 10.3. The summed E-state index contributed by atoms with van der Waals surface area (Å²) >= 11 is 0. The molecule has 3 aliphatic rings.